The van der Waals surface area contributed by atoms with E-state index < -0.39 is 5.41 Å². The summed E-state index contributed by atoms with van der Waals surface area (Å²) < 4.78 is 28.0. The smallest absolute Gasteiger partial charge is 0.162 e. The van der Waals surface area contributed by atoms with E-state index in [1.165, 1.54) is 231 Å². The standard InChI is InChI=1S/C65H124O4S4/c1-13-21-29-37-45-57(41-33-25-17-5)53(9)61(70)66-49-65(50-67-62(71)54(10)58(42-34-26-18-6)46-38-30-22-14-2,51-68-63(72)55(11)59(43-35-27-19-7)47-39-31-23-15-3)52-69-64(73)56(12)60(44-36-28-20-8)48-40-32-24-16-4/h53-60H,13-52H2,1-12H3. The normalized spacial score (nSPS) is 15.8. The van der Waals surface area contributed by atoms with Crippen LogP contribution in [0.25, 0.3) is 0 Å². The van der Waals surface area contributed by atoms with Gasteiger partial charge in [0.25, 0.3) is 0 Å². The molecular weight excluding hydrogens is 973 g/mol. The molecule has 0 aromatic rings. The summed E-state index contributed by atoms with van der Waals surface area (Å²) >= 11 is 25.4. The minimum Gasteiger partial charge on any atom is -0.486 e. The number of hydrogen-bond donors (Lipinski definition) is 0. The highest BCUT2D eigenvalue weighted by molar-refractivity contribution is 7.80. The monoisotopic (exact) mass is 1100 g/mol. The van der Waals surface area contributed by atoms with Crippen molar-refractivity contribution in [3.05, 3.63) is 0 Å². The molecule has 0 saturated carbocycles. The fourth-order valence-corrected chi connectivity index (χ4v) is 12.0. The van der Waals surface area contributed by atoms with Crippen LogP contribution in [-0.2, 0) is 18.9 Å². The molecule has 0 aliphatic rings. The minimum absolute atomic E-state index is 0.155. The second-order valence-corrected chi connectivity index (χ2v) is 25.1. The Kier molecular flexibility index (Phi) is 48.4. The zero-order valence-electron chi connectivity index (χ0n) is 50.7. The van der Waals surface area contributed by atoms with Crippen LogP contribution in [0.4, 0.5) is 0 Å². The molecule has 0 amide bonds. The molecule has 0 heterocycles. The van der Waals surface area contributed by atoms with Crippen LogP contribution < -0.4 is 0 Å². The van der Waals surface area contributed by atoms with Crippen LogP contribution in [0.3, 0.4) is 0 Å². The zero-order valence-corrected chi connectivity index (χ0v) is 53.9. The van der Waals surface area contributed by atoms with Crippen LogP contribution >= 0.6 is 48.9 Å². The van der Waals surface area contributed by atoms with Gasteiger partial charge in [-0.05, 0) is 124 Å². The van der Waals surface area contributed by atoms with Crippen molar-refractivity contribution < 1.29 is 18.9 Å². The van der Waals surface area contributed by atoms with Crippen LogP contribution in [-0.4, -0.2) is 46.6 Å². The lowest BCUT2D eigenvalue weighted by Gasteiger charge is -2.36. The van der Waals surface area contributed by atoms with E-state index in [0.717, 1.165) is 0 Å². The molecule has 0 bridgehead atoms. The molecule has 0 aromatic carbocycles. The Morgan fingerprint density at radius 1 is 0.260 bits per heavy atom. The zero-order chi connectivity index (χ0) is 54.5. The number of ether oxygens (including phenoxy) is 4. The van der Waals surface area contributed by atoms with Crippen molar-refractivity contribution in [1.82, 2.24) is 0 Å². The second-order valence-electron chi connectivity index (χ2n) is 23.5. The number of rotatable bonds is 52. The quantitative estimate of drug-likeness (QED) is 0.0441. The maximum atomic E-state index is 6.99. The predicted octanol–water partition coefficient (Wildman–Crippen LogP) is 22.6. The molecule has 8 atom stereocenters. The Bertz CT molecular complexity index is 1130. The molecule has 8 heteroatoms. The van der Waals surface area contributed by atoms with Crippen molar-refractivity contribution in [2.24, 2.45) is 52.8 Å². The highest BCUT2D eigenvalue weighted by atomic mass is 32.1. The largest absolute Gasteiger partial charge is 0.486 e. The third kappa shape index (κ3) is 34.9. The van der Waals surface area contributed by atoms with Gasteiger partial charge in [-0.3, -0.25) is 0 Å². The topological polar surface area (TPSA) is 36.9 Å². The van der Waals surface area contributed by atoms with Crippen LogP contribution in [0.1, 0.15) is 314 Å². The summed E-state index contributed by atoms with van der Waals surface area (Å²) in [5.41, 5.74) is -0.767. The highest BCUT2D eigenvalue weighted by Crippen LogP contribution is 2.34. The first-order valence-corrected chi connectivity index (χ1v) is 33.6. The molecule has 0 N–H and O–H groups in total. The van der Waals surface area contributed by atoms with Gasteiger partial charge in [0.1, 0.15) is 31.8 Å². The molecule has 0 saturated heterocycles. The Morgan fingerprint density at radius 3 is 0.575 bits per heavy atom. The lowest BCUT2D eigenvalue weighted by Crippen LogP contribution is -2.45. The van der Waals surface area contributed by atoms with E-state index in [1.807, 2.05) is 0 Å². The Morgan fingerprint density at radius 2 is 0.411 bits per heavy atom. The van der Waals surface area contributed by atoms with Gasteiger partial charge in [0.15, 0.2) is 20.2 Å². The summed E-state index contributed by atoms with van der Waals surface area (Å²) in [5.74, 6) is 2.60. The summed E-state index contributed by atoms with van der Waals surface area (Å²) in [5, 5.41) is 2.77. The Balaban J connectivity index is 7.34. The summed E-state index contributed by atoms with van der Waals surface area (Å²) in [6.07, 6.45) is 44.5. The molecule has 0 aliphatic heterocycles. The maximum absolute atomic E-state index is 6.99. The molecule has 432 valence electrons. The molecule has 73 heavy (non-hydrogen) atoms. The van der Waals surface area contributed by atoms with Gasteiger partial charge in [0.05, 0.1) is 0 Å². The first-order valence-electron chi connectivity index (χ1n) is 31.9. The number of hydrogen-bond acceptors (Lipinski definition) is 8. The SMILES string of the molecule is CCCCCCC(CCCCC)C(C)C(=S)OCC(COC(=S)C(C)C(CCCCC)CCCCCC)(COC(=S)C(C)C(CCCCC)CCCCCC)COC(=S)C(C)C(CCCCC)CCCCCC. The van der Waals surface area contributed by atoms with Gasteiger partial charge >= 0.3 is 0 Å². The number of thiocarbonyl (C=S) groups is 4. The van der Waals surface area contributed by atoms with Gasteiger partial charge < -0.3 is 18.9 Å². The molecule has 0 fully saturated rings. The van der Waals surface area contributed by atoms with Crippen LogP contribution in [0, 0.1) is 52.8 Å². The fraction of sp³-hybridized carbons (Fsp3) is 0.938. The highest BCUT2D eigenvalue weighted by Gasteiger charge is 2.39. The van der Waals surface area contributed by atoms with E-state index in [9.17, 15) is 0 Å². The van der Waals surface area contributed by atoms with Crippen LogP contribution in [0.5, 0.6) is 0 Å². The van der Waals surface area contributed by atoms with Gasteiger partial charge in [0.2, 0.25) is 0 Å². The maximum Gasteiger partial charge on any atom is 0.162 e. The van der Waals surface area contributed by atoms with Crippen molar-refractivity contribution in [3.8, 4) is 0 Å². The number of unbranched alkanes of at least 4 members (excludes halogenated alkanes) is 20. The average molecular weight is 1100 g/mol. The summed E-state index contributed by atoms with van der Waals surface area (Å²) in [6, 6.07) is 0. The molecule has 4 nitrogen and oxygen atoms in total. The minimum atomic E-state index is -0.767. The first kappa shape index (κ1) is 72.6. The van der Waals surface area contributed by atoms with Gasteiger partial charge in [0, 0.05) is 23.7 Å². The summed E-state index contributed by atoms with van der Waals surface area (Å²) in [6.45, 7) is 28.8. The van der Waals surface area contributed by atoms with E-state index in [4.69, 9.17) is 67.8 Å². The van der Waals surface area contributed by atoms with Crippen molar-refractivity contribution in [2.45, 2.75) is 314 Å². The lowest BCUT2D eigenvalue weighted by molar-refractivity contribution is -0.0215. The molecule has 0 radical (unpaired) electrons. The van der Waals surface area contributed by atoms with Gasteiger partial charge in [-0.15, -0.1) is 0 Å². The molecule has 8 unspecified atom stereocenters. The third-order valence-corrected chi connectivity index (χ3v) is 18.8. The Hall–Kier alpha value is -0.440. The predicted molar refractivity (Wildman–Crippen MR) is 339 cm³/mol. The van der Waals surface area contributed by atoms with E-state index in [0.29, 0.717) is 70.3 Å². The molecular formula is C65H124O4S4. The van der Waals surface area contributed by atoms with Gasteiger partial charge in [-0.2, -0.15) is 0 Å². The third-order valence-electron chi connectivity index (χ3n) is 16.8. The fourth-order valence-electron chi connectivity index (χ4n) is 11.0. The molecule has 0 rings (SSSR count). The van der Waals surface area contributed by atoms with E-state index in [-0.39, 0.29) is 23.7 Å². The summed E-state index contributed by atoms with van der Waals surface area (Å²) in [7, 11) is 0. The van der Waals surface area contributed by atoms with E-state index >= 15 is 0 Å². The van der Waals surface area contributed by atoms with Crippen LogP contribution in [0.2, 0.25) is 0 Å². The van der Waals surface area contributed by atoms with Crippen molar-refractivity contribution in [3.63, 3.8) is 0 Å². The molecule has 0 spiro atoms. The van der Waals surface area contributed by atoms with Crippen molar-refractivity contribution in [1.29, 1.82) is 0 Å². The lowest BCUT2D eigenvalue weighted by atomic mass is 9.84. The summed E-state index contributed by atoms with van der Waals surface area (Å²) in [4.78, 5) is 0. The Labute approximate surface area is 478 Å². The second kappa shape index (κ2) is 48.7. The van der Waals surface area contributed by atoms with E-state index in [1.54, 1.807) is 0 Å². The first-order chi connectivity index (χ1) is 35.3. The van der Waals surface area contributed by atoms with Crippen molar-refractivity contribution in [2.75, 3.05) is 26.4 Å². The van der Waals surface area contributed by atoms with Crippen LogP contribution in [0.15, 0.2) is 0 Å². The van der Waals surface area contributed by atoms with Gasteiger partial charge in [-0.1, -0.05) is 263 Å². The van der Waals surface area contributed by atoms with E-state index in [2.05, 4.69) is 83.1 Å². The van der Waals surface area contributed by atoms with Gasteiger partial charge in [-0.25, -0.2) is 0 Å². The molecule has 0 aromatic heterocycles. The van der Waals surface area contributed by atoms with Crippen molar-refractivity contribution >= 4 is 69.1 Å². The molecule has 0 aliphatic carbocycles. The average Bonchev–Trinajstić information content (AvgIpc) is 3.39.